The van der Waals surface area contributed by atoms with Gasteiger partial charge in [0.2, 0.25) is 0 Å². The van der Waals surface area contributed by atoms with Crippen molar-refractivity contribution in [2.45, 2.75) is 6.54 Å². The molecule has 0 atom stereocenters. The largest absolute Gasteiger partial charge is 0.467 e. The zero-order chi connectivity index (χ0) is 19.6. The molecule has 1 heterocycles. The maximum Gasteiger partial charge on any atom is 0.268 e. The first kappa shape index (κ1) is 18.9. The van der Waals surface area contributed by atoms with Gasteiger partial charge in [0.25, 0.3) is 11.8 Å². The lowest BCUT2D eigenvalue weighted by molar-refractivity contribution is -0.118. The third-order valence-electron chi connectivity index (χ3n) is 3.88. The summed E-state index contributed by atoms with van der Waals surface area (Å²) in [5, 5.41) is 5.42. The Hall–Kier alpha value is -3.86. The Bertz CT molecular complexity index is 960. The van der Waals surface area contributed by atoms with Crippen LogP contribution in [-0.2, 0) is 11.3 Å². The van der Waals surface area contributed by atoms with E-state index in [1.165, 1.54) is 6.26 Å². The van der Waals surface area contributed by atoms with Crippen molar-refractivity contribution in [3.63, 3.8) is 0 Å². The molecule has 2 aromatic carbocycles. The van der Waals surface area contributed by atoms with Crippen LogP contribution in [0.5, 0.6) is 0 Å². The molecule has 0 unspecified atom stereocenters. The number of benzene rings is 2. The standard InChI is InChI=1S/C23H20N2O3/c26-22(19-12-5-2-6-13-19)25-21(15-7-11-18-9-3-1-4-10-18)23(27)24-17-20-14-8-16-28-20/h1-16H,17H2,(H,24,27)(H,25,26)/b11-7+,21-15+. The highest BCUT2D eigenvalue weighted by atomic mass is 16.3. The van der Waals surface area contributed by atoms with Crippen LogP contribution in [0.15, 0.2) is 101 Å². The van der Waals surface area contributed by atoms with E-state index in [1.807, 2.05) is 42.5 Å². The van der Waals surface area contributed by atoms with Gasteiger partial charge in [0.1, 0.15) is 11.5 Å². The zero-order valence-corrected chi connectivity index (χ0v) is 15.2. The number of carbonyl (C=O) groups excluding carboxylic acids is 2. The fourth-order valence-electron chi connectivity index (χ4n) is 2.45. The minimum absolute atomic E-state index is 0.146. The van der Waals surface area contributed by atoms with E-state index < -0.39 is 5.91 Å². The summed E-state index contributed by atoms with van der Waals surface area (Å²) in [5.74, 6) is -0.131. The van der Waals surface area contributed by atoms with Crippen LogP contribution < -0.4 is 10.6 Å². The van der Waals surface area contributed by atoms with Crippen LogP contribution in [0.2, 0.25) is 0 Å². The van der Waals surface area contributed by atoms with Gasteiger partial charge in [-0.05, 0) is 35.9 Å². The van der Waals surface area contributed by atoms with Crippen LogP contribution in [-0.4, -0.2) is 11.8 Å². The van der Waals surface area contributed by atoms with Gasteiger partial charge in [0.15, 0.2) is 0 Å². The number of hydrogen-bond donors (Lipinski definition) is 2. The summed E-state index contributed by atoms with van der Waals surface area (Å²) in [6.07, 6.45) is 6.69. The van der Waals surface area contributed by atoms with Crippen LogP contribution in [0, 0.1) is 0 Å². The summed E-state index contributed by atoms with van der Waals surface area (Å²) < 4.78 is 5.22. The number of allylic oxidation sites excluding steroid dienone is 2. The fraction of sp³-hybridized carbons (Fsp3) is 0.0435. The molecule has 140 valence electrons. The first-order chi connectivity index (χ1) is 13.7. The highest BCUT2D eigenvalue weighted by Gasteiger charge is 2.14. The molecule has 3 rings (SSSR count). The molecule has 5 heteroatoms. The van der Waals surface area contributed by atoms with Crippen LogP contribution in [0.1, 0.15) is 21.7 Å². The summed E-state index contributed by atoms with van der Waals surface area (Å²) in [4.78, 5) is 25.0. The van der Waals surface area contributed by atoms with Gasteiger partial charge in [0.05, 0.1) is 12.8 Å². The SMILES string of the molecule is O=C(NCc1ccco1)/C(=C\C=C\c1ccccc1)NC(=O)c1ccccc1. The maximum atomic E-state index is 12.6. The Kier molecular flexibility index (Phi) is 6.57. The van der Waals surface area contributed by atoms with E-state index in [-0.39, 0.29) is 18.1 Å². The molecule has 0 spiro atoms. The molecule has 0 bridgehead atoms. The van der Waals surface area contributed by atoms with Crippen molar-refractivity contribution in [3.8, 4) is 0 Å². The first-order valence-electron chi connectivity index (χ1n) is 8.83. The Morgan fingerprint density at radius 1 is 0.893 bits per heavy atom. The average Bonchev–Trinajstić information content (AvgIpc) is 3.26. The number of carbonyl (C=O) groups is 2. The maximum absolute atomic E-state index is 12.6. The number of nitrogens with one attached hydrogen (secondary N) is 2. The van der Waals surface area contributed by atoms with Gasteiger partial charge >= 0.3 is 0 Å². The van der Waals surface area contributed by atoms with E-state index in [4.69, 9.17) is 4.42 Å². The lowest BCUT2D eigenvalue weighted by Crippen LogP contribution is -2.34. The molecule has 28 heavy (non-hydrogen) atoms. The van der Waals surface area contributed by atoms with Gasteiger partial charge in [-0.2, -0.15) is 0 Å². The Balaban J connectivity index is 1.74. The molecule has 2 amide bonds. The molecular formula is C23H20N2O3. The first-order valence-corrected chi connectivity index (χ1v) is 8.83. The molecule has 3 aromatic rings. The molecule has 2 N–H and O–H groups in total. The molecule has 0 saturated heterocycles. The summed E-state index contributed by atoms with van der Waals surface area (Å²) in [5.41, 5.74) is 1.61. The third-order valence-corrected chi connectivity index (χ3v) is 3.88. The molecule has 1 aromatic heterocycles. The van der Waals surface area contributed by atoms with Gasteiger partial charge in [-0.3, -0.25) is 9.59 Å². The van der Waals surface area contributed by atoms with Gasteiger partial charge in [-0.1, -0.05) is 60.7 Å². The van der Waals surface area contributed by atoms with Crippen molar-refractivity contribution < 1.29 is 14.0 Å². The topological polar surface area (TPSA) is 71.3 Å². The van der Waals surface area contributed by atoms with Crippen LogP contribution in [0.4, 0.5) is 0 Å². The van der Waals surface area contributed by atoms with Crippen molar-refractivity contribution in [3.05, 3.63) is 114 Å². The second-order valence-corrected chi connectivity index (χ2v) is 5.93. The number of rotatable bonds is 7. The Morgan fingerprint density at radius 2 is 1.61 bits per heavy atom. The van der Waals surface area contributed by atoms with Crippen LogP contribution in [0.25, 0.3) is 6.08 Å². The van der Waals surface area contributed by atoms with E-state index in [1.54, 1.807) is 48.6 Å². The smallest absolute Gasteiger partial charge is 0.268 e. The third kappa shape index (κ3) is 5.57. The fourth-order valence-corrected chi connectivity index (χ4v) is 2.45. The minimum Gasteiger partial charge on any atom is -0.467 e. The summed E-state index contributed by atoms with van der Waals surface area (Å²) >= 11 is 0. The Labute approximate surface area is 163 Å². The lowest BCUT2D eigenvalue weighted by atomic mass is 10.2. The van der Waals surface area contributed by atoms with Crippen molar-refractivity contribution in [2.24, 2.45) is 0 Å². The van der Waals surface area contributed by atoms with E-state index in [0.717, 1.165) is 5.56 Å². The second kappa shape index (κ2) is 9.73. The van der Waals surface area contributed by atoms with Crippen molar-refractivity contribution >= 4 is 17.9 Å². The monoisotopic (exact) mass is 372 g/mol. The van der Waals surface area contributed by atoms with Crippen molar-refractivity contribution in [1.29, 1.82) is 0 Å². The molecule has 0 saturated carbocycles. The molecule has 5 nitrogen and oxygen atoms in total. The predicted molar refractivity (Wildman–Crippen MR) is 108 cm³/mol. The normalized spacial score (nSPS) is 11.4. The second-order valence-electron chi connectivity index (χ2n) is 5.93. The van der Waals surface area contributed by atoms with Gasteiger partial charge in [-0.25, -0.2) is 0 Å². The number of amides is 2. The molecule has 0 aliphatic heterocycles. The minimum atomic E-state index is -0.404. The van der Waals surface area contributed by atoms with E-state index in [0.29, 0.717) is 11.3 Å². The van der Waals surface area contributed by atoms with Crippen LogP contribution in [0.3, 0.4) is 0 Å². The van der Waals surface area contributed by atoms with E-state index >= 15 is 0 Å². The van der Waals surface area contributed by atoms with Crippen LogP contribution >= 0.6 is 0 Å². The number of furan rings is 1. The van der Waals surface area contributed by atoms with E-state index in [2.05, 4.69) is 10.6 Å². The zero-order valence-electron chi connectivity index (χ0n) is 15.2. The number of hydrogen-bond acceptors (Lipinski definition) is 3. The molecule has 0 aliphatic rings. The van der Waals surface area contributed by atoms with E-state index in [9.17, 15) is 9.59 Å². The quantitative estimate of drug-likeness (QED) is 0.488. The molecular weight excluding hydrogens is 352 g/mol. The summed E-state index contributed by atoms with van der Waals surface area (Å²) in [6, 6.07) is 21.9. The highest BCUT2D eigenvalue weighted by molar-refractivity contribution is 6.02. The van der Waals surface area contributed by atoms with Gasteiger partial charge < -0.3 is 15.1 Å². The van der Waals surface area contributed by atoms with Gasteiger partial charge in [0, 0.05) is 5.56 Å². The van der Waals surface area contributed by atoms with Crippen molar-refractivity contribution in [1.82, 2.24) is 10.6 Å². The average molecular weight is 372 g/mol. The van der Waals surface area contributed by atoms with Crippen molar-refractivity contribution in [2.75, 3.05) is 0 Å². The predicted octanol–water partition coefficient (Wildman–Crippen LogP) is 3.92. The van der Waals surface area contributed by atoms with Gasteiger partial charge in [-0.15, -0.1) is 0 Å². The Morgan fingerprint density at radius 3 is 2.29 bits per heavy atom. The molecule has 0 aliphatic carbocycles. The summed E-state index contributed by atoms with van der Waals surface area (Å²) in [6.45, 7) is 0.229. The highest BCUT2D eigenvalue weighted by Crippen LogP contribution is 2.05. The lowest BCUT2D eigenvalue weighted by Gasteiger charge is -2.10. The summed E-state index contributed by atoms with van der Waals surface area (Å²) in [7, 11) is 0. The molecule has 0 radical (unpaired) electrons. The molecule has 0 fully saturated rings.